The molecule has 0 amide bonds. The third-order valence-corrected chi connectivity index (χ3v) is 3.99. The van der Waals surface area contributed by atoms with Crippen LogP contribution in [0.3, 0.4) is 0 Å². The second-order valence-electron chi connectivity index (χ2n) is 6.36. The summed E-state index contributed by atoms with van der Waals surface area (Å²) in [6.07, 6.45) is 13.5. The van der Waals surface area contributed by atoms with Gasteiger partial charge in [0, 0.05) is 6.61 Å². The van der Waals surface area contributed by atoms with Crippen molar-refractivity contribution < 1.29 is 24.1 Å². The molecule has 5 heteroatoms. The number of unbranched alkanes of at least 4 members (excludes halogenated alkanes) is 9. The fraction of sp³-hybridized carbons (Fsp3) is 1.00. The van der Waals surface area contributed by atoms with Gasteiger partial charge in [-0.2, -0.15) is 0 Å². The molecule has 0 unspecified atom stereocenters. The van der Waals surface area contributed by atoms with Gasteiger partial charge in [0.25, 0.3) is 0 Å². The monoisotopic (exact) mass is 362 g/mol. The van der Waals surface area contributed by atoms with Crippen LogP contribution in [-0.4, -0.2) is 64.6 Å². The van der Waals surface area contributed by atoms with E-state index in [0.717, 1.165) is 13.0 Å². The molecule has 0 radical (unpaired) electrons. The van der Waals surface area contributed by atoms with E-state index in [-0.39, 0.29) is 6.61 Å². The third-order valence-electron chi connectivity index (χ3n) is 3.99. The average molecular weight is 363 g/mol. The zero-order chi connectivity index (χ0) is 18.3. The van der Waals surface area contributed by atoms with Crippen LogP contribution in [0.25, 0.3) is 0 Å². The van der Waals surface area contributed by atoms with E-state index >= 15 is 0 Å². The minimum Gasteiger partial charge on any atom is -0.394 e. The van der Waals surface area contributed by atoms with Crippen LogP contribution >= 0.6 is 0 Å². The Morgan fingerprint density at radius 2 is 0.800 bits per heavy atom. The van der Waals surface area contributed by atoms with Crippen molar-refractivity contribution in [2.24, 2.45) is 0 Å². The fourth-order valence-corrected chi connectivity index (χ4v) is 2.52. The molecular weight excluding hydrogens is 320 g/mol. The molecule has 0 saturated carbocycles. The van der Waals surface area contributed by atoms with Gasteiger partial charge in [0.2, 0.25) is 0 Å². The third kappa shape index (κ3) is 23.8. The van der Waals surface area contributed by atoms with Crippen LogP contribution in [0.2, 0.25) is 0 Å². The molecule has 0 rings (SSSR count). The van der Waals surface area contributed by atoms with Gasteiger partial charge in [0.15, 0.2) is 0 Å². The predicted octanol–water partition coefficient (Wildman–Crippen LogP) is 3.97. The van der Waals surface area contributed by atoms with Gasteiger partial charge in [0.05, 0.1) is 52.9 Å². The van der Waals surface area contributed by atoms with Crippen molar-refractivity contribution in [2.45, 2.75) is 71.1 Å². The van der Waals surface area contributed by atoms with Crippen molar-refractivity contribution in [3.8, 4) is 0 Å². The summed E-state index contributed by atoms with van der Waals surface area (Å²) in [6, 6.07) is 0. The van der Waals surface area contributed by atoms with E-state index in [1.807, 2.05) is 0 Å². The standard InChI is InChI=1S/C20H42O5/c1-2-3-4-5-6-7-8-9-10-11-13-22-15-17-24-19-20-25-18-16-23-14-12-21/h21H,2-20H2,1H3. The lowest BCUT2D eigenvalue weighted by atomic mass is 10.1. The van der Waals surface area contributed by atoms with Crippen LogP contribution in [0.1, 0.15) is 71.1 Å². The van der Waals surface area contributed by atoms with Gasteiger partial charge in [-0.05, 0) is 6.42 Å². The molecule has 0 aromatic heterocycles. The minimum atomic E-state index is 0.0578. The van der Waals surface area contributed by atoms with Gasteiger partial charge in [0.1, 0.15) is 0 Å². The summed E-state index contributed by atoms with van der Waals surface area (Å²) in [5, 5.41) is 8.53. The van der Waals surface area contributed by atoms with Gasteiger partial charge < -0.3 is 24.1 Å². The zero-order valence-electron chi connectivity index (χ0n) is 16.5. The maximum absolute atomic E-state index is 8.53. The van der Waals surface area contributed by atoms with E-state index < -0.39 is 0 Å². The SMILES string of the molecule is CCCCCCCCCCCCOCCOCCOCCOCCO. The Morgan fingerprint density at radius 1 is 0.440 bits per heavy atom. The van der Waals surface area contributed by atoms with Gasteiger partial charge in [-0.25, -0.2) is 0 Å². The number of hydrogen-bond donors (Lipinski definition) is 1. The van der Waals surface area contributed by atoms with Crippen LogP contribution in [0.4, 0.5) is 0 Å². The van der Waals surface area contributed by atoms with Crippen molar-refractivity contribution >= 4 is 0 Å². The molecule has 0 bridgehead atoms. The van der Waals surface area contributed by atoms with E-state index in [1.165, 1.54) is 57.8 Å². The molecule has 0 aliphatic carbocycles. The summed E-state index contributed by atoms with van der Waals surface area (Å²) in [5.41, 5.74) is 0. The van der Waals surface area contributed by atoms with Crippen LogP contribution in [0, 0.1) is 0 Å². The van der Waals surface area contributed by atoms with Crippen molar-refractivity contribution in [3.05, 3.63) is 0 Å². The lowest BCUT2D eigenvalue weighted by molar-refractivity contribution is -0.00577. The first-order chi connectivity index (χ1) is 12.4. The highest BCUT2D eigenvalue weighted by Gasteiger charge is 1.94. The van der Waals surface area contributed by atoms with Crippen LogP contribution in [-0.2, 0) is 18.9 Å². The highest BCUT2D eigenvalue weighted by atomic mass is 16.6. The zero-order valence-corrected chi connectivity index (χ0v) is 16.5. The van der Waals surface area contributed by atoms with E-state index in [4.69, 9.17) is 24.1 Å². The van der Waals surface area contributed by atoms with Crippen molar-refractivity contribution in [1.29, 1.82) is 0 Å². The number of ether oxygens (including phenoxy) is 4. The maximum atomic E-state index is 8.53. The highest BCUT2D eigenvalue weighted by Crippen LogP contribution is 2.10. The molecule has 152 valence electrons. The van der Waals surface area contributed by atoms with E-state index in [0.29, 0.717) is 46.2 Å². The van der Waals surface area contributed by atoms with Gasteiger partial charge in [-0.1, -0.05) is 64.7 Å². The Labute approximate surface area is 155 Å². The molecule has 1 N–H and O–H groups in total. The van der Waals surface area contributed by atoms with Crippen LogP contribution in [0.5, 0.6) is 0 Å². The molecule has 5 nitrogen and oxygen atoms in total. The lowest BCUT2D eigenvalue weighted by Crippen LogP contribution is -2.12. The average Bonchev–Trinajstić information content (AvgIpc) is 2.63. The van der Waals surface area contributed by atoms with Gasteiger partial charge in [-0.15, -0.1) is 0 Å². The summed E-state index contributed by atoms with van der Waals surface area (Å²) in [5.74, 6) is 0. The second-order valence-corrected chi connectivity index (χ2v) is 6.36. The first kappa shape index (κ1) is 24.8. The molecule has 0 aromatic carbocycles. The smallest absolute Gasteiger partial charge is 0.0701 e. The lowest BCUT2D eigenvalue weighted by Gasteiger charge is -2.07. The van der Waals surface area contributed by atoms with Gasteiger partial charge in [-0.3, -0.25) is 0 Å². The van der Waals surface area contributed by atoms with Crippen molar-refractivity contribution in [2.75, 3.05) is 59.5 Å². The molecule has 0 aliphatic heterocycles. The molecule has 0 heterocycles. The Morgan fingerprint density at radius 3 is 1.24 bits per heavy atom. The minimum absolute atomic E-state index is 0.0578. The first-order valence-electron chi connectivity index (χ1n) is 10.3. The quantitative estimate of drug-likeness (QED) is 0.295. The molecule has 0 fully saturated rings. The number of aliphatic hydroxyl groups excluding tert-OH is 1. The normalized spacial score (nSPS) is 11.3. The molecule has 0 aromatic rings. The Balaban J connectivity index is 2.94. The van der Waals surface area contributed by atoms with Crippen LogP contribution < -0.4 is 0 Å². The Kier molecular flexibility index (Phi) is 23.6. The van der Waals surface area contributed by atoms with Crippen molar-refractivity contribution in [1.82, 2.24) is 0 Å². The summed E-state index contributed by atoms with van der Waals surface area (Å²) in [6.45, 7) is 7.04. The molecule has 0 aliphatic rings. The summed E-state index contributed by atoms with van der Waals surface area (Å²) in [7, 11) is 0. The highest BCUT2D eigenvalue weighted by molar-refractivity contribution is 4.47. The maximum Gasteiger partial charge on any atom is 0.0701 e. The van der Waals surface area contributed by atoms with E-state index in [9.17, 15) is 0 Å². The van der Waals surface area contributed by atoms with E-state index in [2.05, 4.69) is 6.92 Å². The predicted molar refractivity (Wildman–Crippen MR) is 102 cm³/mol. The number of aliphatic hydroxyl groups is 1. The van der Waals surface area contributed by atoms with Crippen LogP contribution in [0.15, 0.2) is 0 Å². The van der Waals surface area contributed by atoms with E-state index in [1.54, 1.807) is 0 Å². The fourth-order valence-electron chi connectivity index (χ4n) is 2.52. The molecule has 0 atom stereocenters. The Hall–Kier alpha value is -0.200. The molecule has 25 heavy (non-hydrogen) atoms. The largest absolute Gasteiger partial charge is 0.394 e. The molecule has 0 saturated heterocycles. The summed E-state index contributed by atoms with van der Waals surface area (Å²) in [4.78, 5) is 0. The number of hydrogen-bond acceptors (Lipinski definition) is 5. The molecule has 0 spiro atoms. The Bertz CT molecular complexity index is 204. The summed E-state index contributed by atoms with van der Waals surface area (Å²) < 4.78 is 21.4. The second kappa shape index (κ2) is 23.8. The van der Waals surface area contributed by atoms with Gasteiger partial charge >= 0.3 is 0 Å². The number of rotatable bonds is 22. The summed E-state index contributed by atoms with van der Waals surface area (Å²) >= 11 is 0. The topological polar surface area (TPSA) is 57.2 Å². The first-order valence-corrected chi connectivity index (χ1v) is 10.3. The van der Waals surface area contributed by atoms with Crippen molar-refractivity contribution in [3.63, 3.8) is 0 Å². The molecular formula is C20H42O5.